The summed E-state index contributed by atoms with van der Waals surface area (Å²) in [6.07, 6.45) is 5.84. The molecule has 2 heterocycles. The van der Waals surface area contributed by atoms with Gasteiger partial charge in [0.25, 0.3) is 0 Å². The van der Waals surface area contributed by atoms with Gasteiger partial charge < -0.3 is 5.73 Å². The number of nitrogens with two attached hydrogens (primary N) is 1. The molecule has 3 aromatic rings. The third kappa shape index (κ3) is 2.11. The number of aromatic nitrogens is 3. The number of halogens is 1. The van der Waals surface area contributed by atoms with Gasteiger partial charge in [0.15, 0.2) is 5.65 Å². The molecule has 110 valence electrons. The van der Waals surface area contributed by atoms with E-state index in [1.54, 1.807) is 0 Å². The molecule has 1 aromatic carbocycles. The van der Waals surface area contributed by atoms with Gasteiger partial charge in [-0.05, 0) is 48.9 Å². The van der Waals surface area contributed by atoms with Crippen LogP contribution in [0.1, 0.15) is 24.1 Å². The molecule has 0 unspecified atom stereocenters. The number of rotatable bonds is 1. The molecule has 0 radical (unpaired) electrons. The lowest BCUT2D eigenvalue weighted by molar-refractivity contribution is 0.672. The van der Waals surface area contributed by atoms with Crippen LogP contribution in [-0.2, 0) is 12.8 Å². The quantitative estimate of drug-likeness (QED) is 0.742. The van der Waals surface area contributed by atoms with Crippen molar-refractivity contribution in [2.24, 2.45) is 0 Å². The van der Waals surface area contributed by atoms with Crippen LogP contribution >= 0.6 is 11.6 Å². The van der Waals surface area contributed by atoms with E-state index in [2.05, 4.69) is 9.97 Å². The largest absolute Gasteiger partial charge is 0.383 e. The minimum Gasteiger partial charge on any atom is -0.383 e. The van der Waals surface area contributed by atoms with Crippen molar-refractivity contribution in [2.75, 3.05) is 5.73 Å². The summed E-state index contributed by atoms with van der Waals surface area (Å²) in [5.74, 6) is 0.482. The molecule has 0 bridgehead atoms. The van der Waals surface area contributed by atoms with Crippen molar-refractivity contribution in [3.8, 4) is 11.1 Å². The van der Waals surface area contributed by atoms with Crippen LogP contribution in [0.15, 0.2) is 30.6 Å². The molecule has 4 nitrogen and oxygen atoms in total. The van der Waals surface area contributed by atoms with Crippen molar-refractivity contribution in [3.63, 3.8) is 0 Å². The topological polar surface area (TPSA) is 64.7 Å². The van der Waals surface area contributed by atoms with Crippen molar-refractivity contribution >= 4 is 28.5 Å². The molecule has 5 heteroatoms. The number of benzene rings is 1. The van der Waals surface area contributed by atoms with Crippen LogP contribution in [0.4, 0.5) is 5.82 Å². The van der Waals surface area contributed by atoms with E-state index in [1.807, 2.05) is 24.3 Å². The molecule has 0 fully saturated rings. The number of fused-ring (bicyclic) bond motifs is 2. The summed E-state index contributed by atoms with van der Waals surface area (Å²) in [5.41, 5.74) is 11.5. The van der Waals surface area contributed by atoms with E-state index in [0.29, 0.717) is 11.5 Å². The second-order valence-electron chi connectivity index (χ2n) is 5.58. The maximum absolute atomic E-state index is 6.14. The molecule has 0 amide bonds. The molecule has 2 N–H and O–H groups in total. The Bertz CT molecular complexity index is 859. The van der Waals surface area contributed by atoms with E-state index in [-0.39, 0.29) is 0 Å². The maximum Gasteiger partial charge on any atom is 0.165 e. The molecule has 0 spiro atoms. The van der Waals surface area contributed by atoms with E-state index in [4.69, 9.17) is 22.3 Å². The fraction of sp³-hybridized carbons (Fsp3) is 0.235. The second-order valence-corrected chi connectivity index (χ2v) is 6.02. The van der Waals surface area contributed by atoms with Crippen LogP contribution in [0.2, 0.25) is 5.02 Å². The molecule has 2 aromatic heterocycles. The first-order valence-electron chi connectivity index (χ1n) is 7.42. The lowest BCUT2D eigenvalue weighted by Gasteiger charge is -2.21. The number of nitrogen functional groups attached to an aromatic ring is 1. The van der Waals surface area contributed by atoms with Crippen LogP contribution < -0.4 is 5.73 Å². The third-order valence-corrected chi connectivity index (χ3v) is 4.47. The Balaban J connectivity index is 2.11. The Hall–Kier alpha value is -2.20. The zero-order valence-corrected chi connectivity index (χ0v) is 12.8. The predicted octanol–water partition coefficient (Wildman–Crippen LogP) is 3.81. The normalized spacial score (nSPS) is 14.0. The van der Waals surface area contributed by atoms with E-state index in [1.165, 1.54) is 24.7 Å². The summed E-state index contributed by atoms with van der Waals surface area (Å²) in [6.45, 7) is 0. The molecule has 22 heavy (non-hydrogen) atoms. The molecular weight excluding hydrogens is 296 g/mol. The first-order valence-corrected chi connectivity index (χ1v) is 7.79. The van der Waals surface area contributed by atoms with Gasteiger partial charge in [-0.2, -0.15) is 0 Å². The predicted molar refractivity (Wildman–Crippen MR) is 88.8 cm³/mol. The smallest absolute Gasteiger partial charge is 0.165 e. The van der Waals surface area contributed by atoms with Crippen molar-refractivity contribution in [2.45, 2.75) is 25.7 Å². The van der Waals surface area contributed by atoms with Gasteiger partial charge in [0.2, 0.25) is 0 Å². The summed E-state index contributed by atoms with van der Waals surface area (Å²) in [5, 5.41) is 1.57. The van der Waals surface area contributed by atoms with Gasteiger partial charge in [0.05, 0.1) is 5.39 Å². The second kappa shape index (κ2) is 5.21. The van der Waals surface area contributed by atoms with Gasteiger partial charge in [-0.3, -0.25) is 0 Å². The number of hydrogen-bond donors (Lipinski definition) is 1. The molecule has 0 saturated heterocycles. The van der Waals surface area contributed by atoms with Crippen molar-refractivity contribution in [3.05, 3.63) is 46.9 Å². The van der Waals surface area contributed by atoms with Gasteiger partial charge in [-0.15, -0.1) is 0 Å². The monoisotopic (exact) mass is 310 g/mol. The molecule has 1 aliphatic rings. The zero-order chi connectivity index (χ0) is 15.1. The molecule has 4 rings (SSSR count). The van der Waals surface area contributed by atoms with Gasteiger partial charge >= 0.3 is 0 Å². The van der Waals surface area contributed by atoms with Crippen LogP contribution in [0.5, 0.6) is 0 Å². The van der Waals surface area contributed by atoms with Crippen LogP contribution in [0.25, 0.3) is 22.2 Å². The summed E-state index contributed by atoms with van der Waals surface area (Å²) in [4.78, 5) is 13.2. The van der Waals surface area contributed by atoms with Crippen LogP contribution in [-0.4, -0.2) is 15.0 Å². The molecular formula is C17H15ClN4. The SMILES string of the molecule is Nc1ncnc2nc3c(c(-c4ccc(Cl)cc4)c12)CCCC3. The van der Waals surface area contributed by atoms with E-state index >= 15 is 0 Å². The van der Waals surface area contributed by atoms with E-state index < -0.39 is 0 Å². The fourth-order valence-corrected chi connectivity index (χ4v) is 3.34. The van der Waals surface area contributed by atoms with Crippen LogP contribution in [0.3, 0.4) is 0 Å². The van der Waals surface area contributed by atoms with E-state index in [9.17, 15) is 0 Å². The number of nitrogens with zero attached hydrogens (tertiary/aromatic N) is 3. The molecule has 1 aliphatic carbocycles. The number of hydrogen-bond acceptors (Lipinski definition) is 4. The van der Waals surface area contributed by atoms with Crippen molar-refractivity contribution in [1.82, 2.24) is 15.0 Å². The Labute approximate surface area is 133 Å². The Kier molecular flexibility index (Phi) is 3.19. The van der Waals surface area contributed by atoms with Crippen molar-refractivity contribution in [1.29, 1.82) is 0 Å². The zero-order valence-electron chi connectivity index (χ0n) is 12.0. The highest BCUT2D eigenvalue weighted by molar-refractivity contribution is 6.30. The average molecular weight is 311 g/mol. The van der Waals surface area contributed by atoms with Gasteiger partial charge in [0, 0.05) is 16.3 Å². The first kappa shape index (κ1) is 13.5. The summed E-state index contributed by atoms with van der Waals surface area (Å²) >= 11 is 6.03. The Morgan fingerprint density at radius 1 is 1.00 bits per heavy atom. The van der Waals surface area contributed by atoms with Crippen molar-refractivity contribution < 1.29 is 0 Å². The third-order valence-electron chi connectivity index (χ3n) is 4.22. The minimum absolute atomic E-state index is 0.482. The Morgan fingerprint density at radius 2 is 1.77 bits per heavy atom. The van der Waals surface area contributed by atoms with E-state index in [0.717, 1.165) is 40.1 Å². The number of anilines is 1. The lowest BCUT2D eigenvalue weighted by atomic mass is 9.87. The number of pyridine rings is 1. The summed E-state index contributed by atoms with van der Waals surface area (Å²) < 4.78 is 0. The average Bonchev–Trinajstić information content (AvgIpc) is 2.54. The minimum atomic E-state index is 0.482. The first-order chi connectivity index (χ1) is 10.7. The highest BCUT2D eigenvalue weighted by Crippen LogP contribution is 2.38. The summed E-state index contributed by atoms with van der Waals surface area (Å²) in [6, 6.07) is 7.85. The van der Waals surface area contributed by atoms with Gasteiger partial charge in [-0.1, -0.05) is 23.7 Å². The highest BCUT2D eigenvalue weighted by atomic mass is 35.5. The maximum atomic E-state index is 6.14. The van der Waals surface area contributed by atoms with Gasteiger partial charge in [-0.25, -0.2) is 15.0 Å². The van der Waals surface area contributed by atoms with Gasteiger partial charge in [0.1, 0.15) is 12.1 Å². The summed E-state index contributed by atoms with van der Waals surface area (Å²) in [7, 11) is 0. The Morgan fingerprint density at radius 3 is 2.59 bits per heavy atom. The highest BCUT2D eigenvalue weighted by Gasteiger charge is 2.21. The fourth-order valence-electron chi connectivity index (χ4n) is 3.21. The number of aryl methyl sites for hydroxylation is 1. The molecule has 0 saturated carbocycles. The molecule has 0 aliphatic heterocycles. The molecule has 0 atom stereocenters. The van der Waals surface area contributed by atoms with Crippen LogP contribution in [0, 0.1) is 0 Å². The standard InChI is InChI=1S/C17H15ClN4/c18-11-7-5-10(6-8-11)14-12-3-1-2-4-13(12)22-17-15(14)16(19)20-9-21-17/h5-9H,1-4H2,(H2,19,20,21,22). The lowest BCUT2D eigenvalue weighted by Crippen LogP contribution is -2.10.